The molecule has 2 heterocycles. The molecule has 1 aromatic carbocycles. The van der Waals surface area contributed by atoms with Crippen LogP contribution in [0.1, 0.15) is 12.8 Å². The lowest BCUT2D eigenvalue weighted by Gasteiger charge is -2.35. The van der Waals surface area contributed by atoms with Crippen LogP contribution in [0.3, 0.4) is 0 Å². The Morgan fingerprint density at radius 3 is 2.86 bits per heavy atom. The van der Waals surface area contributed by atoms with E-state index in [0.29, 0.717) is 18.0 Å². The predicted octanol–water partition coefficient (Wildman–Crippen LogP) is 2.54. The van der Waals surface area contributed by atoms with Gasteiger partial charge in [-0.3, -0.25) is 0 Å². The van der Waals surface area contributed by atoms with E-state index in [9.17, 15) is 13.2 Å². The number of hydrogen-bond donors (Lipinski definition) is 1. The Hall–Kier alpha value is -1.63. The van der Waals surface area contributed by atoms with E-state index < -0.39 is 12.7 Å². The first-order valence-corrected chi connectivity index (χ1v) is 6.96. The van der Waals surface area contributed by atoms with E-state index >= 15 is 0 Å². The van der Waals surface area contributed by atoms with Gasteiger partial charge in [-0.05, 0) is 25.0 Å². The van der Waals surface area contributed by atoms with Gasteiger partial charge in [0.1, 0.15) is 0 Å². The average Bonchev–Trinajstić information content (AvgIpc) is 2.92. The van der Waals surface area contributed by atoms with Crippen molar-refractivity contribution in [3.63, 3.8) is 0 Å². The molecular formula is C14H17F3N2O2. The van der Waals surface area contributed by atoms with Gasteiger partial charge in [-0.25, -0.2) is 0 Å². The first-order valence-electron chi connectivity index (χ1n) is 6.96. The molecule has 1 unspecified atom stereocenters. The molecule has 1 aromatic rings. The Balaban J connectivity index is 1.63. The molecule has 1 N–H and O–H groups in total. The normalized spacial score (nSPS) is 21.7. The third kappa shape index (κ3) is 3.53. The van der Waals surface area contributed by atoms with Crippen molar-refractivity contribution in [2.24, 2.45) is 0 Å². The highest BCUT2D eigenvalue weighted by Crippen LogP contribution is 2.36. The molecule has 0 amide bonds. The number of fused-ring (bicyclic) bond motifs is 1. The molecule has 0 bridgehead atoms. The van der Waals surface area contributed by atoms with E-state index in [0.717, 1.165) is 25.1 Å². The van der Waals surface area contributed by atoms with Crippen molar-refractivity contribution < 1.29 is 22.6 Å². The first-order chi connectivity index (χ1) is 10.0. The fraction of sp³-hybridized carbons (Fsp3) is 0.571. The molecule has 1 fully saturated rings. The van der Waals surface area contributed by atoms with Crippen LogP contribution in [0, 0.1) is 0 Å². The fourth-order valence-corrected chi connectivity index (χ4v) is 2.72. The third-order valence-electron chi connectivity index (χ3n) is 3.73. The van der Waals surface area contributed by atoms with Crippen molar-refractivity contribution in [2.45, 2.75) is 25.1 Å². The molecule has 2 aliphatic rings. The maximum atomic E-state index is 12.3. The number of ether oxygens (including phenoxy) is 2. The van der Waals surface area contributed by atoms with Crippen molar-refractivity contribution in [3.05, 3.63) is 18.2 Å². The second-order valence-corrected chi connectivity index (χ2v) is 5.32. The maximum absolute atomic E-state index is 12.3. The molecule has 0 spiro atoms. The number of halogens is 3. The minimum absolute atomic E-state index is 0.147. The van der Waals surface area contributed by atoms with E-state index in [1.165, 1.54) is 0 Å². The van der Waals surface area contributed by atoms with Gasteiger partial charge in [-0.15, -0.1) is 0 Å². The second-order valence-electron chi connectivity index (χ2n) is 5.32. The number of alkyl halides is 3. The number of piperidine rings is 1. The number of rotatable bonds is 3. The van der Waals surface area contributed by atoms with E-state index in [1.807, 2.05) is 18.2 Å². The monoisotopic (exact) mass is 302 g/mol. The Labute approximate surface area is 120 Å². The molecule has 0 aromatic heterocycles. The first kappa shape index (κ1) is 14.3. The average molecular weight is 302 g/mol. The summed E-state index contributed by atoms with van der Waals surface area (Å²) in [6.45, 7) is 0.681. The van der Waals surface area contributed by atoms with Crippen molar-refractivity contribution in [1.82, 2.24) is 5.32 Å². The molecular weight excluding hydrogens is 285 g/mol. The third-order valence-corrected chi connectivity index (χ3v) is 3.73. The molecule has 0 aliphatic carbocycles. The van der Waals surface area contributed by atoms with Gasteiger partial charge in [0, 0.05) is 30.9 Å². The zero-order valence-corrected chi connectivity index (χ0v) is 11.4. The van der Waals surface area contributed by atoms with Crippen LogP contribution in [0.15, 0.2) is 18.2 Å². The van der Waals surface area contributed by atoms with E-state index in [1.54, 1.807) is 0 Å². The SMILES string of the molecule is FC(F)(F)CNC1CCCN(c2ccc3c(c2)OCO3)C1. The van der Waals surface area contributed by atoms with Crippen molar-refractivity contribution in [2.75, 3.05) is 31.3 Å². The summed E-state index contributed by atoms with van der Waals surface area (Å²) in [4.78, 5) is 2.08. The summed E-state index contributed by atoms with van der Waals surface area (Å²) in [5.41, 5.74) is 0.956. The maximum Gasteiger partial charge on any atom is 0.401 e. The zero-order chi connectivity index (χ0) is 14.9. The quantitative estimate of drug-likeness (QED) is 0.930. The summed E-state index contributed by atoms with van der Waals surface area (Å²) in [6, 6.07) is 5.49. The number of benzene rings is 1. The van der Waals surface area contributed by atoms with E-state index in [2.05, 4.69) is 10.2 Å². The lowest BCUT2D eigenvalue weighted by Crippen LogP contribution is -2.48. The van der Waals surface area contributed by atoms with Gasteiger partial charge in [0.2, 0.25) is 6.79 Å². The minimum Gasteiger partial charge on any atom is -0.454 e. The molecule has 21 heavy (non-hydrogen) atoms. The van der Waals surface area contributed by atoms with Crippen LogP contribution in [0.4, 0.5) is 18.9 Å². The second kappa shape index (κ2) is 5.63. The summed E-state index contributed by atoms with van der Waals surface area (Å²) >= 11 is 0. The Morgan fingerprint density at radius 1 is 1.24 bits per heavy atom. The number of anilines is 1. The minimum atomic E-state index is -4.17. The highest BCUT2D eigenvalue weighted by molar-refractivity contribution is 5.57. The highest BCUT2D eigenvalue weighted by Gasteiger charge is 2.29. The van der Waals surface area contributed by atoms with E-state index in [4.69, 9.17) is 9.47 Å². The smallest absolute Gasteiger partial charge is 0.401 e. The predicted molar refractivity (Wildman–Crippen MR) is 71.9 cm³/mol. The molecule has 0 saturated carbocycles. The number of hydrogen-bond acceptors (Lipinski definition) is 4. The van der Waals surface area contributed by atoms with Crippen LogP contribution in [0.25, 0.3) is 0 Å². The van der Waals surface area contributed by atoms with Crippen LogP contribution < -0.4 is 19.7 Å². The van der Waals surface area contributed by atoms with Crippen LogP contribution in [-0.2, 0) is 0 Å². The highest BCUT2D eigenvalue weighted by atomic mass is 19.4. The topological polar surface area (TPSA) is 33.7 Å². The standard InChI is InChI=1S/C14H17F3N2O2/c15-14(16,17)8-18-10-2-1-5-19(7-10)11-3-4-12-13(6-11)21-9-20-12/h3-4,6,10,18H,1-2,5,7-9H2. The molecule has 116 valence electrons. The molecule has 7 heteroatoms. The Bertz CT molecular complexity index is 507. The molecule has 4 nitrogen and oxygen atoms in total. The van der Waals surface area contributed by atoms with Gasteiger partial charge in [0.25, 0.3) is 0 Å². The summed E-state index contributed by atoms with van der Waals surface area (Å²) < 4.78 is 47.4. The lowest BCUT2D eigenvalue weighted by molar-refractivity contribution is -0.126. The largest absolute Gasteiger partial charge is 0.454 e. The van der Waals surface area contributed by atoms with Gasteiger partial charge < -0.3 is 19.7 Å². The summed E-state index contributed by atoms with van der Waals surface area (Å²) in [5, 5.41) is 2.59. The van der Waals surface area contributed by atoms with Crippen LogP contribution in [0.2, 0.25) is 0 Å². The van der Waals surface area contributed by atoms with Crippen LogP contribution in [-0.4, -0.2) is 38.6 Å². The Kier molecular flexibility index (Phi) is 3.84. The number of nitrogens with one attached hydrogen (secondary N) is 1. The van der Waals surface area contributed by atoms with Gasteiger partial charge in [0.15, 0.2) is 11.5 Å². The van der Waals surface area contributed by atoms with E-state index in [-0.39, 0.29) is 12.8 Å². The Morgan fingerprint density at radius 2 is 2.05 bits per heavy atom. The molecule has 0 radical (unpaired) electrons. The summed E-state index contributed by atoms with van der Waals surface area (Å²) in [7, 11) is 0. The van der Waals surface area contributed by atoms with Gasteiger partial charge in [0.05, 0.1) is 6.54 Å². The molecule has 1 atom stereocenters. The zero-order valence-electron chi connectivity index (χ0n) is 11.4. The molecule has 2 aliphatic heterocycles. The number of nitrogens with zero attached hydrogens (tertiary/aromatic N) is 1. The molecule has 1 saturated heterocycles. The summed E-state index contributed by atoms with van der Waals surface area (Å²) in [6.07, 6.45) is -2.54. The van der Waals surface area contributed by atoms with Gasteiger partial charge in [-0.2, -0.15) is 13.2 Å². The van der Waals surface area contributed by atoms with Crippen molar-refractivity contribution in [1.29, 1.82) is 0 Å². The van der Waals surface area contributed by atoms with Crippen LogP contribution in [0.5, 0.6) is 11.5 Å². The van der Waals surface area contributed by atoms with Crippen molar-refractivity contribution >= 4 is 5.69 Å². The summed E-state index contributed by atoms with van der Waals surface area (Å²) in [5.74, 6) is 1.40. The van der Waals surface area contributed by atoms with Gasteiger partial charge >= 0.3 is 6.18 Å². The van der Waals surface area contributed by atoms with Crippen molar-refractivity contribution in [3.8, 4) is 11.5 Å². The van der Waals surface area contributed by atoms with Gasteiger partial charge in [-0.1, -0.05) is 0 Å². The van der Waals surface area contributed by atoms with Crippen LogP contribution >= 0.6 is 0 Å². The molecule has 3 rings (SSSR count). The fourth-order valence-electron chi connectivity index (χ4n) is 2.72. The lowest BCUT2D eigenvalue weighted by atomic mass is 10.0.